The third-order valence-electron chi connectivity index (χ3n) is 6.20. The van der Waals surface area contributed by atoms with E-state index < -0.39 is 6.09 Å². The van der Waals surface area contributed by atoms with Gasteiger partial charge in [0.25, 0.3) is 0 Å². The number of benzene rings is 2. The van der Waals surface area contributed by atoms with Crippen molar-refractivity contribution < 1.29 is 38.4 Å². The minimum Gasteiger partial charge on any atom is -0.449 e. The third kappa shape index (κ3) is 11.1. The number of alkyl carbamates (subject to hydrolysis) is 1. The first-order chi connectivity index (χ1) is 19.9. The first-order valence-corrected chi connectivity index (χ1v) is 13.8. The molecule has 0 heterocycles. The number of methoxy groups -OCH3 is 2. The van der Waals surface area contributed by atoms with Crippen molar-refractivity contribution in [1.82, 2.24) is 5.32 Å². The van der Waals surface area contributed by atoms with Crippen LogP contribution in [0.3, 0.4) is 0 Å². The molecular formula is C30H43N3O8. The largest absolute Gasteiger partial charge is 0.449 e. The van der Waals surface area contributed by atoms with Gasteiger partial charge in [0.05, 0.1) is 0 Å². The minimum atomic E-state index is -0.549. The van der Waals surface area contributed by atoms with Crippen LogP contribution in [0.2, 0.25) is 0 Å². The third-order valence-corrected chi connectivity index (χ3v) is 6.20. The molecule has 2 aromatic carbocycles. The van der Waals surface area contributed by atoms with Crippen LogP contribution in [0.5, 0.6) is 0 Å². The normalized spacial score (nSPS) is 12.9. The molecule has 1 atom stereocenters. The summed E-state index contributed by atoms with van der Waals surface area (Å²) in [5.41, 5.74) is 4.91. The number of carbonyl (C=O) groups excluding carboxylic acids is 3. The highest BCUT2D eigenvalue weighted by Crippen LogP contribution is 2.46. The lowest BCUT2D eigenvalue weighted by atomic mass is 9.97. The minimum absolute atomic E-state index is 0.0608. The van der Waals surface area contributed by atoms with Crippen molar-refractivity contribution in [3.8, 4) is 11.1 Å². The molecule has 0 aliphatic heterocycles. The molecule has 0 aromatic heterocycles. The molecular weight excluding hydrogens is 530 g/mol. The number of fused-ring (bicyclic) bond motifs is 3. The Hall–Kier alpha value is -3.51. The molecule has 11 nitrogen and oxygen atoms in total. The Morgan fingerprint density at radius 2 is 1.44 bits per heavy atom. The molecule has 3 amide bonds. The van der Waals surface area contributed by atoms with E-state index in [-0.39, 0.29) is 44.2 Å². The van der Waals surface area contributed by atoms with Crippen LogP contribution in [-0.4, -0.2) is 83.9 Å². The van der Waals surface area contributed by atoms with Gasteiger partial charge in [0, 0.05) is 58.4 Å². The van der Waals surface area contributed by atoms with Gasteiger partial charge < -0.3 is 40.0 Å². The number of aliphatic hydroxyl groups excluding tert-OH is 1. The van der Waals surface area contributed by atoms with Gasteiger partial charge >= 0.3 is 6.09 Å². The smallest absolute Gasteiger partial charge is 0.406 e. The Morgan fingerprint density at radius 1 is 0.829 bits per heavy atom. The van der Waals surface area contributed by atoms with Gasteiger partial charge in [-0.3, -0.25) is 9.59 Å². The van der Waals surface area contributed by atoms with Crippen LogP contribution in [0.25, 0.3) is 11.1 Å². The number of unbranched alkanes of at least 4 members (excludes halogenated alkanes) is 2. The fourth-order valence-electron chi connectivity index (χ4n) is 4.22. The van der Waals surface area contributed by atoms with Crippen molar-refractivity contribution in [2.24, 2.45) is 0 Å². The van der Waals surface area contributed by atoms with Gasteiger partial charge in [0.2, 0.25) is 11.8 Å². The summed E-state index contributed by atoms with van der Waals surface area (Å²) in [7, 11) is 4.67. The highest BCUT2D eigenvalue weighted by Gasteiger charge is 2.30. The number of aliphatic hydroxyl groups is 1. The lowest BCUT2D eigenvalue weighted by Crippen LogP contribution is -2.22. The summed E-state index contributed by atoms with van der Waals surface area (Å²) in [6, 6.07) is 11.2. The Balaban J connectivity index is 0.000000883. The predicted molar refractivity (Wildman–Crippen MR) is 157 cm³/mol. The predicted octanol–water partition coefficient (Wildman–Crippen LogP) is 3.90. The number of rotatable bonds is 15. The van der Waals surface area contributed by atoms with E-state index >= 15 is 0 Å². The summed E-state index contributed by atoms with van der Waals surface area (Å²) < 4.78 is 20.4. The van der Waals surface area contributed by atoms with Crippen molar-refractivity contribution in [2.75, 3.05) is 71.5 Å². The summed E-state index contributed by atoms with van der Waals surface area (Å²) in [5.74, 6) is -0.848. The van der Waals surface area contributed by atoms with Gasteiger partial charge in [-0.15, -0.1) is 0 Å². The summed E-state index contributed by atoms with van der Waals surface area (Å²) in [6.45, 7) is 3.50. The van der Waals surface area contributed by atoms with E-state index in [0.29, 0.717) is 30.8 Å². The first-order valence-electron chi connectivity index (χ1n) is 13.8. The molecule has 0 saturated carbocycles. The van der Waals surface area contributed by atoms with Gasteiger partial charge in [-0.25, -0.2) is 4.79 Å². The zero-order valence-corrected chi connectivity index (χ0v) is 24.4. The fraction of sp³-hybridized carbons (Fsp3) is 0.500. The number of ether oxygens (including phenoxy) is 4. The second kappa shape index (κ2) is 18.8. The molecule has 0 fully saturated rings. The van der Waals surface area contributed by atoms with Gasteiger partial charge in [-0.1, -0.05) is 25.5 Å². The van der Waals surface area contributed by atoms with Crippen molar-refractivity contribution in [3.05, 3.63) is 47.5 Å². The van der Waals surface area contributed by atoms with Crippen LogP contribution < -0.4 is 16.0 Å². The highest BCUT2D eigenvalue weighted by atomic mass is 16.5. The SMILES string of the molecule is CCCCOC.CNC(=O)OCC1c2cc(NC(=O)COC)ccc2-c2ccc(NC(=O)COCCCCO)cc21. The second-order valence-corrected chi connectivity index (χ2v) is 9.36. The summed E-state index contributed by atoms with van der Waals surface area (Å²) >= 11 is 0. The quantitative estimate of drug-likeness (QED) is 0.235. The van der Waals surface area contributed by atoms with Crippen LogP contribution in [0.1, 0.15) is 49.7 Å². The first kappa shape index (κ1) is 33.7. The van der Waals surface area contributed by atoms with E-state index in [0.717, 1.165) is 28.9 Å². The van der Waals surface area contributed by atoms with E-state index in [1.54, 1.807) is 7.11 Å². The molecule has 2 aromatic rings. The van der Waals surface area contributed by atoms with Gasteiger partial charge in [0.15, 0.2) is 0 Å². The second-order valence-electron chi connectivity index (χ2n) is 9.36. The Morgan fingerprint density at radius 3 is 1.93 bits per heavy atom. The summed E-state index contributed by atoms with van der Waals surface area (Å²) in [6.07, 6.45) is 3.18. The molecule has 1 aliphatic carbocycles. The van der Waals surface area contributed by atoms with Crippen LogP contribution >= 0.6 is 0 Å². The average molecular weight is 574 g/mol. The van der Waals surface area contributed by atoms with Crippen molar-refractivity contribution in [1.29, 1.82) is 0 Å². The van der Waals surface area contributed by atoms with E-state index in [2.05, 4.69) is 22.9 Å². The average Bonchev–Trinajstić information content (AvgIpc) is 3.26. The summed E-state index contributed by atoms with van der Waals surface area (Å²) in [4.78, 5) is 36.0. The maximum atomic E-state index is 12.3. The maximum absolute atomic E-state index is 12.3. The number of hydrogen-bond acceptors (Lipinski definition) is 8. The number of anilines is 2. The van der Waals surface area contributed by atoms with E-state index in [1.807, 2.05) is 36.4 Å². The Labute approximate surface area is 241 Å². The van der Waals surface area contributed by atoms with Gasteiger partial charge in [0.1, 0.15) is 19.8 Å². The van der Waals surface area contributed by atoms with Crippen molar-refractivity contribution >= 4 is 29.3 Å². The lowest BCUT2D eigenvalue weighted by molar-refractivity contribution is -0.121. The Bertz CT molecular complexity index is 1120. The van der Waals surface area contributed by atoms with E-state index in [4.69, 9.17) is 24.1 Å². The lowest BCUT2D eigenvalue weighted by Gasteiger charge is -2.16. The van der Waals surface area contributed by atoms with Crippen LogP contribution in [0, 0.1) is 0 Å². The molecule has 0 radical (unpaired) electrons. The molecule has 11 heteroatoms. The molecule has 4 N–H and O–H groups in total. The molecule has 41 heavy (non-hydrogen) atoms. The number of nitrogens with one attached hydrogen (secondary N) is 3. The summed E-state index contributed by atoms with van der Waals surface area (Å²) in [5, 5.41) is 16.9. The number of amides is 3. The van der Waals surface area contributed by atoms with E-state index in [1.165, 1.54) is 27.0 Å². The number of carbonyl (C=O) groups is 3. The van der Waals surface area contributed by atoms with Crippen molar-refractivity contribution in [3.63, 3.8) is 0 Å². The Kier molecular flexibility index (Phi) is 15.4. The molecule has 3 rings (SSSR count). The topological polar surface area (TPSA) is 144 Å². The standard InChI is InChI=1S/C25H31N3O7.C5H12O/c1-26-25(32)35-13-22-20-11-16(27-23(30)14-33-2)5-7-18(20)19-8-6-17(12-21(19)22)28-24(31)15-34-10-4-3-9-29;1-3-4-5-6-2/h5-8,11-12,22,29H,3-4,9-10,13-15H2,1-2H3,(H,26,32)(H,27,30)(H,28,31);3-5H2,1-2H3. The monoisotopic (exact) mass is 573 g/mol. The molecule has 0 saturated heterocycles. The zero-order chi connectivity index (χ0) is 30.0. The highest BCUT2D eigenvalue weighted by molar-refractivity contribution is 5.94. The van der Waals surface area contributed by atoms with Gasteiger partial charge in [-0.05, 0) is 65.8 Å². The van der Waals surface area contributed by atoms with E-state index in [9.17, 15) is 14.4 Å². The zero-order valence-electron chi connectivity index (χ0n) is 24.4. The van der Waals surface area contributed by atoms with Crippen molar-refractivity contribution in [2.45, 2.75) is 38.5 Å². The maximum Gasteiger partial charge on any atom is 0.406 e. The molecule has 1 unspecified atom stereocenters. The molecule has 0 spiro atoms. The van der Waals surface area contributed by atoms with Gasteiger partial charge in [-0.2, -0.15) is 0 Å². The number of hydrogen-bond donors (Lipinski definition) is 4. The molecule has 226 valence electrons. The van der Waals surface area contributed by atoms with Crippen LogP contribution in [-0.2, 0) is 28.5 Å². The molecule has 0 bridgehead atoms. The van der Waals surface area contributed by atoms with Crippen LogP contribution in [0.15, 0.2) is 36.4 Å². The van der Waals surface area contributed by atoms with Crippen LogP contribution in [0.4, 0.5) is 16.2 Å². The fourth-order valence-corrected chi connectivity index (χ4v) is 4.22. The molecule has 1 aliphatic rings.